The molecule has 1 saturated heterocycles. The monoisotopic (exact) mass is 563 g/mol. The zero-order valence-corrected chi connectivity index (χ0v) is 22.7. The first-order chi connectivity index (χ1) is 19.3. The topological polar surface area (TPSA) is 144 Å². The molecule has 2 aromatic heterocycles. The summed E-state index contributed by atoms with van der Waals surface area (Å²) in [5.41, 5.74) is 1.39. The number of hydrogen-bond acceptors (Lipinski definition) is 9. The maximum absolute atomic E-state index is 13.5. The number of para-hydroxylation sites is 1. The fourth-order valence-electron chi connectivity index (χ4n) is 4.73. The van der Waals surface area contributed by atoms with Crippen molar-refractivity contribution in [2.45, 2.75) is 25.3 Å². The van der Waals surface area contributed by atoms with Crippen molar-refractivity contribution in [3.05, 3.63) is 78.2 Å². The minimum Gasteiger partial charge on any atom is -0.457 e. The van der Waals surface area contributed by atoms with E-state index in [-0.39, 0.29) is 17.7 Å². The quantitative estimate of drug-likeness (QED) is 0.218. The Morgan fingerprint density at radius 3 is 2.55 bits per heavy atom. The fraction of sp³-hybridized carbons (Fsp3) is 0.286. The van der Waals surface area contributed by atoms with Gasteiger partial charge in [-0.15, -0.1) is 0 Å². The number of carbonyl (C=O) groups excluding carboxylic acids is 2. The third kappa shape index (κ3) is 6.46. The standard InChI is InChI=1S/C28H29N5O6S/c1-40(36,37)38-17-24(34)33-14-6-5-7-20(33)15-29-27-25-23(16-30-28(25)32-18-31-27)26(35)19-10-12-22(13-11-19)39-21-8-3-2-4-9-21/h2-4,8-13,16,18,20H,5-7,14-15,17H2,1H3,(H2,29,30,31,32). The molecule has 3 heterocycles. The number of ether oxygens (including phenoxy) is 1. The number of ketones is 1. The number of hydrogen-bond donors (Lipinski definition) is 2. The van der Waals surface area contributed by atoms with Gasteiger partial charge < -0.3 is 19.9 Å². The summed E-state index contributed by atoms with van der Waals surface area (Å²) in [4.78, 5) is 39.5. The lowest BCUT2D eigenvalue weighted by Crippen LogP contribution is -2.48. The highest BCUT2D eigenvalue weighted by Crippen LogP contribution is 2.28. The molecule has 1 unspecified atom stereocenters. The van der Waals surface area contributed by atoms with Crippen LogP contribution in [0.5, 0.6) is 11.5 Å². The summed E-state index contributed by atoms with van der Waals surface area (Å²) in [5, 5.41) is 3.83. The summed E-state index contributed by atoms with van der Waals surface area (Å²) < 4.78 is 33.2. The third-order valence-corrected chi connectivity index (χ3v) is 7.20. The van der Waals surface area contributed by atoms with Gasteiger partial charge in [-0.1, -0.05) is 18.2 Å². The van der Waals surface area contributed by atoms with Gasteiger partial charge in [0, 0.05) is 30.9 Å². The molecule has 0 bridgehead atoms. The van der Waals surface area contributed by atoms with Crippen LogP contribution in [0.25, 0.3) is 11.0 Å². The summed E-state index contributed by atoms with van der Waals surface area (Å²) in [5.74, 6) is 1.18. The van der Waals surface area contributed by atoms with Crippen LogP contribution in [0.1, 0.15) is 35.2 Å². The lowest BCUT2D eigenvalue weighted by Gasteiger charge is -2.35. The van der Waals surface area contributed by atoms with Crippen LogP contribution in [-0.2, 0) is 19.1 Å². The van der Waals surface area contributed by atoms with E-state index < -0.39 is 16.7 Å². The highest BCUT2D eigenvalue weighted by molar-refractivity contribution is 7.86. The van der Waals surface area contributed by atoms with Crippen LogP contribution in [0.3, 0.4) is 0 Å². The number of H-pyrrole nitrogens is 1. The number of aromatic amines is 1. The van der Waals surface area contributed by atoms with Crippen molar-refractivity contribution in [1.82, 2.24) is 19.9 Å². The highest BCUT2D eigenvalue weighted by Gasteiger charge is 2.28. The molecule has 1 aliphatic rings. The molecule has 40 heavy (non-hydrogen) atoms. The first-order valence-electron chi connectivity index (χ1n) is 12.9. The van der Waals surface area contributed by atoms with E-state index in [1.54, 1.807) is 35.4 Å². The van der Waals surface area contributed by atoms with Crippen molar-refractivity contribution in [3.63, 3.8) is 0 Å². The van der Waals surface area contributed by atoms with Gasteiger partial charge >= 0.3 is 0 Å². The summed E-state index contributed by atoms with van der Waals surface area (Å²) in [6.45, 7) is 0.342. The number of nitrogens with one attached hydrogen (secondary N) is 2. The molecule has 0 saturated carbocycles. The van der Waals surface area contributed by atoms with Crippen LogP contribution < -0.4 is 10.1 Å². The van der Waals surface area contributed by atoms with Crippen LogP contribution in [0.2, 0.25) is 0 Å². The van der Waals surface area contributed by atoms with Crippen molar-refractivity contribution in [3.8, 4) is 11.5 Å². The van der Waals surface area contributed by atoms with E-state index in [9.17, 15) is 18.0 Å². The molecule has 1 aliphatic heterocycles. The predicted octanol–water partition coefficient (Wildman–Crippen LogP) is 3.75. The number of piperidine rings is 1. The Balaban J connectivity index is 1.31. The molecule has 12 heteroatoms. The molecular formula is C28H29N5O6S. The van der Waals surface area contributed by atoms with Crippen LogP contribution in [0.4, 0.5) is 5.82 Å². The molecule has 0 spiro atoms. The molecule has 0 radical (unpaired) electrons. The van der Waals surface area contributed by atoms with Crippen molar-refractivity contribution in [2.24, 2.45) is 0 Å². The molecule has 1 fully saturated rings. The number of aromatic nitrogens is 3. The summed E-state index contributed by atoms with van der Waals surface area (Å²) in [6, 6.07) is 16.1. The maximum Gasteiger partial charge on any atom is 0.264 e. The van der Waals surface area contributed by atoms with E-state index in [0.29, 0.717) is 52.6 Å². The molecule has 4 aromatic rings. The van der Waals surface area contributed by atoms with Gasteiger partial charge in [0.15, 0.2) is 5.78 Å². The third-order valence-electron chi connectivity index (χ3n) is 6.66. The molecule has 1 atom stereocenters. The van der Waals surface area contributed by atoms with E-state index in [2.05, 4.69) is 20.3 Å². The van der Waals surface area contributed by atoms with E-state index in [0.717, 1.165) is 25.5 Å². The van der Waals surface area contributed by atoms with Gasteiger partial charge in [-0.2, -0.15) is 8.42 Å². The second-order valence-corrected chi connectivity index (χ2v) is 11.1. The number of nitrogens with zero attached hydrogens (tertiary/aromatic N) is 3. The van der Waals surface area contributed by atoms with Gasteiger partial charge in [0.25, 0.3) is 10.1 Å². The summed E-state index contributed by atoms with van der Waals surface area (Å²) in [7, 11) is -3.72. The molecule has 1 amide bonds. The SMILES string of the molecule is CS(=O)(=O)OCC(=O)N1CCCCC1CNc1ncnc2[nH]cc(C(=O)c3ccc(Oc4ccccc4)cc3)c12. The highest BCUT2D eigenvalue weighted by atomic mass is 32.2. The minimum absolute atomic E-state index is 0.190. The second kappa shape index (κ2) is 11.8. The summed E-state index contributed by atoms with van der Waals surface area (Å²) >= 11 is 0. The van der Waals surface area contributed by atoms with Crippen LogP contribution in [0, 0.1) is 0 Å². The largest absolute Gasteiger partial charge is 0.457 e. The van der Waals surface area contributed by atoms with Gasteiger partial charge in [-0.05, 0) is 55.7 Å². The van der Waals surface area contributed by atoms with Gasteiger partial charge in [-0.3, -0.25) is 13.8 Å². The van der Waals surface area contributed by atoms with Gasteiger partial charge in [0.05, 0.1) is 17.2 Å². The Morgan fingerprint density at radius 1 is 1.05 bits per heavy atom. The van der Waals surface area contributed by atoms with Gasteiger partial charge in [0.2, 0.25) is 5.91 Å². The molecule has 2 N–H and O–H groups in total. The normalized spacial score (nSPS) is 15.6. The lowest BCUT2D eigenvalue weighted by atomic mass is 10.0. The first kappa shape index (κ1) is 27.3. The van der Waals surface area contributed by atoms with Crippen LogP contribution >= 0.6 is 0 Å². The van der Waals surface area contributed by atoms with E-state index >= 15 is 0 Å². The molecular weight excluding hydrogens is 534 g/mol. The van der Waals surface area contributed by atoms with E-state index in [1.165, 1.54) is 6.33 Å². The van der Waals surface area contributed by atoms with Crippen LogP contribution in [0.15, 0.2) is 67.1 Å². The number of likely N-dealkylation sites (tertiary alicyclic amines) is 1. The fourth-order valence-corrected chi connectivity index (χ4v) is 5.04. The predicted molar refractivity (Wildman–Crippen MR) is 149 cm³/mol. The Labute approximate surface area is 231 Å². The lowest BCUT2D eigenvalue weighted by molar-refractivity contribution is -0.136. The Kier molecular flexibility index (Phi) is 8.08. The number of rotatable bonds is 10. The van der Waals surface area contributed by atoms with E-state index in [1.807, 2.05) is 30.3 Å². The number of benzene rings is 2. The van der Waals surface area contributed by atoms with Crippen LogP contribution in [-0.4, -0.2) is 72.0 Å². The Bertz CT molecular complexity index is 1610. The molecule has 2 aromatic carbocycles. The number of amides is 1. The van der Waals surface area contributed by atoms with Crippen molar-refractivity contribution in [2.75, 3.05) is 31.3 Å². The molecule has 0 aliphatic carbocycles. The minimum atomic E-state index is -3.72. The van der Waals surface area contributed by atoms with Gasteiger partial charge in [0.1, 0.15) is 35.9 Å². The Hall–Kier alpha value is -4.29. The Morgan fingerprint density at radius 2 is 1.80 bits per heavy atom. The van der Waals surface area contributed by atoms with Crippen molar-refractivity contribution >= 4 is 38.7 Å². The van der Waals surface area contributed by atoms with Gasteiger partial charge in [-0.25, -0.2) is 9.97 Å². The maximum atomic E-state index is 13.5. The first-order valence-corrected chi connectivity index (χ1v) is 14.7. The second-order valence-electron chi connectivity index (χ2n) is 9.50. The number of anilines is 1. The van der Waals surface area contributed by atoms with Crippen molar-refractivity contribution in [1.29, 1.82) is 0 Å². The number of carbonyl (C=O) groups is 2. The molecule has 208 valence electrons. The molecule has 11 nitrogen and oxygen atoms in total. The average Bonchev–Trinajstić information content (AvgIpc) is 3.40. The smallest absolute Gasteiger partial charge is 0.264 e. The summed E-state index contributed by atoms with van der Waals surface area (Å²) in [6.07, 6.45) is 6.42. The van der Waals surface area contributed by atoms with E-state index in [4.69, 9.17) is 8.92 Å². The number of fused-ring (bicyclic) bond motifs is 1. The molecule has 5 rings (SSSR count). The zero-order valence-electron chi connectivity index (χ0n) is 21.9. The average molecular weight is 564 g/mol. The zero-order chi connectivity index (χ0) is 28.1. The van der Waals surface area contributed by atoms with Crippen molar-refractivity contribution < 1.29 is 26.9 Å².